The van der Waals surface area contributed by atoms with Crippen LogP contribution < -0.4 is 10.6 Å². The minimum Gasteiger partial charge on any atom is -0.352 e. The van der Waals surface area contributed by atoms with Gasteiger partial charge < -0.3 is 10.6 Å². The van der Waals surface area contributed by atoms with Crippen molar-refractivity contribution in [3.63, 3.8) is 0 Å². The van der Waals surface area contributed by atoms with Crippen LogP contribution in [0.2, 0.25) is 0 Å². The summed E-state index contributed by atoms with van der Waals surface area (Å²) in [5.74, 6) is 0.633. The second-order valence-corrected chi connectivity index (χ2v) is 4.96. The predicted octanol–water partition coefficient (Wildman–Crippen LogP) is 2.63. The zero-order valence-electron chi connectivity index (χ0n) is 11.7. The standard InChI is InChI=1S/C15H22N2O.ClH/c1-3-17-15(18)13-5-4-11(2)14(10-13)12-6-8-16-9-7-12;/h4-5,10,12,16H,3,6-9H2,1-2H3,(H,17,18);1H. The van der Waals surface area contributed by atoms with Gasteiger partial charge in [-0.1, -0.05) is 6.07 Å². The van der Waals surface area contributed by atoms with E-state index in [4.69, 9.17) is 0 Å². The first-order valence-electron chi connectivity index (χ1n) is 6.82. The summed E-state index contributed by atoms with van der Waals surface area (Å²) in [4.78, 5) is 11.9. The van der Waals surface area contributed by atoms with E-state index in [0.29, 0.717) is 12.5 Å². The Hall–Kier alpha value is -1.06. The molecule has 0 radical (unpaired) electrons. The van der Waals surface area contributed by atoms with E-state index in [0.717, 1.165) is 18.7 Å². The summed E-state index contributed by atoms with van der Waals surface area (Å²) in [6.07, 6.45) is 2.33. The molecule has 1 saturated heterocycles. The van der Waals surface area contributed by atoms with Crippen molar-refractivity contribution >= 4 is 18.3 Å². The van der Waals surface area contributed by atoms with Gasteiger partial charge >= 0.3 is 0 Å². The summed E-state index contributed by atoms with van der Waals surface area (Å²) >= 11 is 0. The van der Waals surface area contributed by atoms with Gasteiger partial charge in [0.1, 0.15) is 0 Å². The number of carbonyl (C=O) groups is 1. The zero-order valence-corrected chi connectivity index (χ0v) is 12.5. The van der Waals surface area contributed by atoms with Crippen LogP contribution in [0.1, 0.15) is 47.2 Å². The second kappa shape index (κ2) is 7.51. The molecule has 1 heterocycles. The van der Waals surface area contributed by atoms with Gasteiger partial charge in [0.25, 0.3) is 5.91 Å². The Morgan fingerprint density at radius 3 is 2.68 bits per heavy atom. The van der Waals surface area contributed by atoms with Crippen LogP contribution >= 0.6 is 12.4 Å². The number of hydrogen-bond acceptors (Lipinski definition) is 2. The Kier molecular flexibility index (Phi) is 6.32. The summed E-state index contributed by atoms with van der Waals surface area (Å²) in [5.41, 5.74) is 3.44. The van der Waals surface area contributed by atoms with E-state index in [1.807, 2.05) is 13.0 Å². The molecular formula is C15H23ClN2O. The molecule has 1 aliphatic heterocycles. The summed E-state index contributed by atoms with van der Waals surface area (Å²) in [7, 11) is 0. The first kappa shape index (κ1) is 16.0. The second-order valence-electron chi connectivity index (χ2n) is 4.96. The zero-order chi connectivity index (χ0) is 13.0. The Balaban J connectivity index is 0.00000180. The van der Waals surface area contributed by atoms with E-state index >= 15 is 0 Å². The van der Waals surface area contributed by atoms with E-state index in [1.54, 1.807) is 0 Å². The maximum absolute atomic E-state index is 11.9. The lowest BCUT2D eigenvalue weighted by Crippen LogP contribution is -2.27. The minimum absolute atomic E-state index is 0. The van der Waals surface area contributed by atoms with Crippen LogP contribution in [0.15, 0.2) is 18.2 Å². The van der Waals surface area contributed by atoms with Crippen LogP contribution in [-0.4, -0.2) is 25.5 Å². The number of amides is 1. The van der Waals surface area contributed by atoms with Crippen molar-refractivity contribution in [2.24, 2.45) is 0 Å². The van der Waals surface area contributed by atoms with Crippen molar-refractivity contribution in [1.82, 2.24) is 10.6 Å². The molecule has 1 aromatic rings. The van der Waals surface area contributed by atoms with E-state index < -0.39 is 0 Å². The fourth-order valence-electron chi connectivity index (χ4n) is 2.62. The lowest BCUT2D eigenvalue weighted by Gasteiger charge is -2.24. The van der Waals surface area contributed by atoms with Crippen LogP contribution in [0.25, 0.3) is 0 Å². The number of piperidine rings is 1. The smallest absolute Gasteiger partial charge is 0.251 e. The highest BCUT2D eigenvalue weighted by Gasteiger charge is 2.18. The number of halogens is 1. The van der Waals surface area contributed by atoms with Crippen LogP contribution in [0.3, 0.4) is 0 Å². The minimum atomic E-state index is 0. The van der Waals surface area contributed by atoms with Gasteiger partial charge in [-0.25, -0.2) is 0 Å². The Morgan fingerprint density at radius 1 is 1.37 bits per heavy atom. The molecule has 2 N–H and O–H groups in total. The van der Waals surface area contributed by atoms with Gasteiger partial charge in [-0.3, -0.25) is 4.79 Å². The van der Waals surface area contributed by atoms with Gasteiger partial charge in [-0.15, -0.1) is 12.4 Å². The van der Waals surface area contributed by atoms with Crippen LogP contribution in [-0.2, 0) is 0 Å². The molecule has 3 nitrogen and oxygen atoms in total. The number of nitrogens with one attached hydrogen (secondary N) is 2. The third kappa shape index (κ3) is 3.95. The first-order chi connectivity index (χ1) is 8.72. The fraction of sp³-hybridized carbons (Fsp3) is 0.533. The summed E-state index contributed by atoms with van der Waals surface area (Å²) < 4.78 is 0. The molecule has 0 aliphatic carbocycles. The normalized spacial score (nSPS) is 15.7. The summed E-state index contributed by atoms with van der Waals surface area (Å²) in [6, 6.07) is 6.07. The van der Waals surface area contributed by atoms with Crippen molar-refractivity contribution in [1.29, 1.82) is 0 Å². The van der Waals surface area contributed by atoms with Crippen LogP contribution in [0.5, 0.6) is 0 Å². The Bertz CT molecular complexity index is 428. The van der Waals surface area contributed by atoms with Crippen molar-refractivity contribution in [3.05, 3.63) is 34.9 Å². The van der Waals surface area contributed by atoms with E-state index in [2.05, 4.69) is 29.7 Å². The number of carbonyl (C=O) groups excluding carboxylic acids is 1. The molecule has 4 heteroatoms. The number of aryl methyl sites for hydroxylation is 1. The molecule has 1 aliphatic rings. The largest absolute Gasteiger partial charge is 0.352 e. The molecule has 0 aromatic heterocycles. The molecule has 0 bridgehead atoms. The molecule has 0 spiro atoms. The molecular weight excluding hydrogens is 260 g/mol. The van der Waals surface area contributed by atoms with Gasteiger partial charge in [0.2, 0.25) is 0 Å². The van der Waals surface area contributed by atoms with Gasteiger partial charge in [0, 0.05) is 12.1 Å². The number of rotatable bonds is 3. The van der Waals surface area contributed by atoms with Gasteiger partial charge in [-0.05, 0) is 69.0 Å². The van der Waals surface area contributed by atoms with Crippen LogP contribution in [0, 0.1) is 6.92 Å². The lowest BCUT2D eigenvalue weighted by molar-refractivity contribution is 0.0955. The molecule has 2 rings (SSSR count). The Morgan fingerprint density at radius 2 is 2.05 bits per heavy atom. The average molecular weight is 283 g/mol. The van der Waals surface area contributed by atoms with Gasteiger partial charge in [0.15, 0.2) is 0 Å². The summed E-state index contributed by atoms with van der Waals surface area (Å²) in [5, 5.41) is 6.24. The predicted molar refractivity (Wildman–Crippen MR) is 81.3 cm³/mol. The van der Waals surface area contributed by atoms with Crippen molar-refractivity contribution < 1.29 is 4.79 Å². The Labute approximate surface area is 121 Å². The maximum Gasteiger partial charge on any atom is 0.251 e. The van der Waals surface area contributed by atoms with E-state index in [1.165, 1.54) is 24.0 Å². The first-order valence-corrected chi connectivity index (χ1v) is 6.82. The average Bonchev–Trinajstić information content (AvgIpc) is 2.40. The third-order valence-corrected chi connectivity index (χ3v) is 3.66. The van der Waals surface area contributed by atoms with E-state index in [-0.39, 0.29) is 18.3 Å². The van der Waals surface area contributed by atoms with Crippen LogP contribution in [0.4, 0.5) is 0 Å². The SMILES string of the molecule is CCNC(=O)c1ccc(C)c(C2CCNCC2)c1.Cl. The molecule has 0 unspecified atom stereocenters. The monoisotopic (exact) mass is 282 g/mol. The van der Waals surface area contributed by atoms with Gasteiger partial charge in [0.05, 0.1) is 0 Å². The maximum atomic E-state index is 11.9. The molecule has 1 amide bonds. The molecule has 1 fully saturated rings. The molecule has 1 aromatic carbocycles. The quantitative estimate of drug-likeness (QED) is 0.895. The fourth-order valence-corrected chi connectivity index (χ4v) is 2.62. The molecule has 19 heavy (non-hydrogen) atoms. The van der Waals surface area contributed by atoms with Crippen molar-refractivity contribution in [2.45, 2.75) is 32.6 Å². The summed E-state index contributed by atoms with van der Waals surface area (Å²) in [6.45, 7) is 6.92. The topological polar surface area (TPSA) is 41.1 Å². The highest BCUT2D eigenvalue weighted by molar-refractivity contribution is 5.94. The number of hydrogen-bond donors (Lipinski definition) is 2. The number of benzene rings is 1. The molecule has 106 valence electrons. The van der Waals surface area contributed by atoms with Crippen molar-refractivity contribution in [3.8, 4) is 0 Å². The molecule has 0 atom stereocenters. The lowest BCUT2D eigenvalue weighted by atomic mass is 9.86. The highest BCUT2D eigenvalue weighted by atomic mass is 35.5. The third-order valence-electron chi connectivity index (χ3n) is 3.66. The van der Waals surface area contributed by atoms with E-state index in [9.17, 15) is 4.79 Å². The van der Waals surface area contributed by atoms with Gasteiger partial charge in [-0.2, -0.15) is 0 Å². The van der Waals surface area contributed by atoms with Crippen molar-refractivity contribution in [2.75, 3.05) is 19.6 Å². The highest BCUT2D eigenvalue weighted by Crippen LogP contribution is 2.28. The molecule has 0 saturated carbocycles.